The van der Waals surface area contributed by atoms with Crippen molar-refractivity contribution >= 4 is 23.2 Å². The Balaban J connectivity index is 2.11. The van der Waals surface area contributed by atoms with Crippen LogP contribution < -0.4 is 0 Å². The summed E-state index contributed by atoms with van der Waals surface area (Å²) in [4.78, 5) is 29.4. The molecule has 1 N–H and O–H groups in total. The summed E-state index contributed by atoms with van der Waals surface area (Å²) in [6.45, 7) is 6.49. The molecule has 1 aromatic heterocycles. The third-order valence-corrected chi connectivity index (χ3v) is 4.66. The maximum Gasteiger partial charge on any atom is 0.311 e. The van der Waals surface area contributed by atoms with Crippen LogP contribution in [0.3, 0.4) is 0 Å². The smallest absolute Gasteiger partial charge is 0.311 e. The molecule has 1 aliphatic heterocycles. The second-order valence-corrected chi connectivity index (χ2v) is 6.46. The highest BCUT2D eigenvalue weighted by Crippen LogP contribution is 2.31. The van der Waals surface area contributed by atoms with E-state index in [0.29, 0.717) is 24.6 Å². The van der Waals surface area contributed by atoms with Gasteiger partial charge in [-0.05, 0) is 13.3 Å². The van der Waals surface area contributed by atoms with Crippen molar-refractivity contribution in [1.82, 2.24) is 9.88 Å². The van der Waals surface area contributed by atoms with Gasteiger partial charge in [0.2, 0.25) is 0 Å². The molecule has 0 unspecified atom stereocenters. The van der Waals surface area contributed by atoms with E-state index in [9.17, 15) is 9.59 Å². The number of hydrogen-bond acceptors (Lipinski definition) is 4. The van der Waals surface area contributed by atoms with Crippen molar-refractivity contribution in [2.24, 2.45) is 5.41 Å². The topological polar surface area (TPSA) is 70.5 Å². The minimum atomic E-state index is -0.844. The molecule has 0 bridgehead atoms. The van der Waals surface area contributed by atoms with Crippen LogP contribution in [-0.4, -0.2) is 40.0 Å². The van der Waals surface area contributed by atoms with Crippen molar-refractivity contribution in [2.75, 3.05) is 13.1 Å². The molecule has 0 aliphatic carbocycles. The molecular weight excluding hydrogens is 264 g/mol. The van der Waals surface area contributed by atoms with Crippen LogP contribution in [0.2, 0.25) is 0 Å². The van der Waals surface area contributed by atoms with Gasteiger partial charge in [-0.1, -0.05) is 13.8 Å². The highest BCUT2D eigenvalue weighted by molar-refractivity contribution is 7.09. The van der Waals surface area contributed by atoms with Crippen LogP contribution in [0.4, 0.5) is 0 Å². The van der Waals surface area contributed by atoms with Gasteiger partial charge >= 0.3 is 5.97 Å². The molecule has 1 atom stereocenters. The minimum Gasteiger partial charge on any atom is -0.481 e. The zero-order chi connectivity index (χ0) is 14.2. The Labute approximate surface area is 116 Å². The fourth-order valence-electron chi connectivity index (χ4n) is 2.12. The number of rotatable bonds is 3. The molecule has 1 aliphatic rings. The number of hydrogen-bond donors (Lipinski definition) is 1. The highest BCUT2D eigenvalue weighted by Gasteiger charge is 2.42. The summed E-state index contributed by atoms with van der Waals surface area (Å²) >= 11 is 1.48. The lowest BCUT2D eigenvalue weighted by Gasteiger charge is -2.19. The first-order valence-electron chi connectivity index (χ1n) is 6.31. The molecule has 5 nitrogen and oxygen atoms in total. The maximum atomic E-state index is 12.3. The van der Waals surface area contributed by atoms with Gasteiger partial charge in [-0.2, -0.15) is 0 Å². The van der Waals surface area contributed by atoms with E-state index in [-0.39, 0.29) is 12.5 Å². The van der Waals surface area contributed by atoms with E-state index < -0.39 is 11.4 Å². The van der Waals surface area contributed by atoms with Crippen LogP contribution in [0, 0.1) is 5.41 Å². The number of carboxylic acids is 1. The summed E-state index contributed by atoms with van der Waals surface area (Å²) in [5.41, 5.74) is -0.393. The van der Waals surface area contributed by atoms with Crippen LogP contribution in [-0.2, 0) is 4.79 Å². The Bertz CT molecular complexity index is 512. The van der Waals surface area contributed by atoms with Crippen molar-refractivity contribution in [2.45, 2.75) is 33.1 Å². The molecule has 104 valence electrons. The van der Waals surface area contributed by atoms with Crippen molar-refractivity contribution in [3.05, 3.63) is 16.1 Å². The largest absolute Gasteiger partial charge is 0.481 e. The van der Waals surface area contributed by atoms with Gasteiger partial charge in [-0.3, -0.25) is 9.59 Å². The second kappa shape index (κ2) is 4.92. The van der Waals surface area contributed by atoms with Gasteiger partial charge in [0.25, 0.3) is 5.91 Å². The van der Waals surface area contributed by atoms with E-state index >= 15 is 0 Å². The van der Waals surface area contributed by atoms with Gasteiger partial charge in [0.1, 0.15) is 5.69 Å². The van der Waals surface area contributed by atoms with Crippen LogP contribution >= 0.6 is 11.3 Å². The molecule has 0 saturated carbocycles. The fraction of sp³-hybridized carbons (Fsp3) is 0.615. The van der Waals surface area contributed by atoms with Gasteiger partial charge in [0.15, 0.2) is 0 Å². The first-order valence-corrected chi connectivity index (χ1v) is 7.19. The summed E-state index contributed by atoms with van der Waals surface area (Å²) in [6, 6.07) is 0. The standard InChI is InChI=1S/C13H18N2O3S/c1-8(2)10-14-9(6-19-10)11(16)15-5-4-13(3,7-15)12(17)18/h6,8H,4-5,7H2,1-3H3,(H,17,18)/t13-/m0/s1. The Kier molecular flexibility index (Phi) is 3.62. The lowest BCUT2D eigenvalue weighted by molar-refractivity contribution is -0.147. The number of carbonyl (C=O) groups is 2. The summed E-state index contributed by atoms with van der Waals surface area (Å²) in [5, 5.41) is 11.9. The first kappa shape index (κ1) is 14.0. The van der Waals surface area contributed by atoms with E-state index in [1.165, 1.54) is 11.3 Å². The molecule has 0 radical (unpaired) electrons. The van der Waals surface area contributed by atoms with Crippen molar-refractivity contribution in [3.63, 3.8) is 0 Å². The number of amides is 1. The van der Waals surface area contributed by atoms with E-state index in [1.807, 2.05) is 13.8 Å². The molecule has 2 heterocycles. The Hall–Kier alpha value is -1.43. The summed E-state index contributed by atoms with van der Waals surface area (Å²) < 4.78 is 0. The van der Waals surface area contributed by atoms with Crippen molar-refractivity contribution < 1.29 is 14.7 Å². The zero-order valence-electron chi connectivity index (χ0n) is 11.3. The molecule has 1 aromatic rings. The van der Waals surface area contributed by atoms with Gasteiger partial charge in [0.05, 0.1) is 10.4 Å². The molecule has 0 aromatic carbocycles. The number of likely N-dealkylation sites (tertiary alicyclic amines) is 1. The number of nitrogens with zero attached hydrogens (tertiary/aromatic N) is 2. The summed E-state index contributed by atoms with van der Waals surface area (Å²) in [6.07, 6.45) is 0.495. The maximum absolute atomic E-state index is 12.3. The number of carboxylic acid groups (broad SMARTS) is 1. The van der Waals surface area contributed by atoms with Crippen LogP contribution in [0.15, 0.2) is 5.38 Å². The van der Waals surface area contributed by atoms with E-state index in [4.69, 9.17) is 5.11 Å². The molecular formula is C13H18N2O3S. The molecule has 2 rings (SSSR count). The molecule has 1 fully saturated rings. The van der Waals surface area contributed by atoms with Gasteiger partial charge < -0.3 is 10.0 Å². The third-order valence-electron chi connectivity index (χ3n) is 3.51. The number of carbonyl (C=O) groups excluding carboxylic acids is 1. The quantitative estimate of drug-likeness (QED) is 0.922. The monoisotopic (exact) mass is 282 g/mol. The Morgan fingerprint density at radius 2 is 2.21 bits per heavy atom. The predicted octanol–water partition coefficient (Wildman–Crippen LogP) is 2.20. The van der Waals surface area contributed by atoms with Gasteiger partial charge in [-0.25, -0.2) is 4.98 Å². The number of thiazole rings is 1. The average molecular weight is 282 g/mol. The number of aromatic nitrogens is 1. The lowest BCUT2D eigenvalue weighted by atomic mass is 9.90. The lowest BCUT2D eigenvalue weighted by Crippen LogP contribution is -2.35. The zero-order valence-corrected chi connectivity index (χ0v) is 12.2. The Morgan fingerprint density at radius 1 is 1.53 bits per heavy atom. The SMILES string of the molecule is CC(C)c1nc(C(=O)N2CC[C@](C)(C(=O)O)C2)cs1. The molecule has 0 spiro atoms. The second-order valence-electron chi connectivity index (χ2n) is 5.57. The van der Waals surface area contributed by atoms with Crippen molar-refractivity contribution in [1.29, 1.82) is 0 Å². The molecule has 19 heavy (non-hydrogen) atoms. The van der Waals surface area contributed by atoms with Gasteiger partial charge in [0, 0.05) is 24.4 Å². The third kappa shape index (κ3) is 2.63. The Morgan fingerprint density at radius 3 is 2.68 bits per heavy atom. The summed E-state index contributed by atoms with van der Waals surface area (Å²) in [5.74, 6) is -0.702. The van der Waals surface area contributed by atoms with E-state index in [1.54, 1.807) is 17.2 Å². The van der Waals surface area contributed by atoms with Crippen molar-refractivity contribution in [3.8, 4) is 0 Å². The minimum absolute atomic E-state index is 0.159. The normalized spacial score (nSPS) is 23.1. The van der Waals surface area contributed by atoms with E-state index in [2.05, 4.69) is 4.98 Å². The van der Waals surface area contributed by atoms with Gasteiger partial charge in [-0.15, -0.1) is 11.3 Å². The highest BCUT2D eigenvalue weighted by atomic mass is 32.1. The summed E-state index contributed by atoms with van der Waals surface area (Å²) in [7, 11) is 0. The van der Waals surface area contributed by atoms with Crippen LogP contribution in [0.25, 0.3) is 0 Å². The first-order chi connectivity index (χ1) is 8.83. The molecule has 6 heteroatoms. The average Bonchev–Trinajstić information content (AvgIpc) is 2.95. The van der Waals surface area contributed by atoms with Crippen LogP contribution in [0.1, 0.15) is 48.6 Å². The molecule has 1 amide bonds. The van der Waals surface area contributed by atoms with E-state index in [0.717, 1.165) is 5.01 Å². The number of aliphatic carboxylic acids is 1. The molecule has 1 saturated heterocycles. The predicted molar refractivity (Wildman–Crippen MR) is 72.5 cm³/mol. The van der Waals surface area contributed by atoms with Crippen LogP contribution in [0.5, 0.6) is 0 Å². The fourth-order valence-corrected chi connectivity index (χ4v) is 2.93.